The summed E-state index contributed by atoms with van der Waals surface area (Å²) in [4.78, 5) is 0. The first-order chi connectivity index (χ1) is 7.85. The summed E-state index contributed by atoms with van der Waals surface area (Å²) < 4.78 is 5.16. The molecule has 82 valence electrons. The fourth-order valence-electron chi connectivity index (χ4n) is 1.88. The molecule has 0 aliphatic carbocycles. The van der Waals surface area contributed by atoms with Gasteiger partial charge in [0.1, 0.15) is 5.75 Å². The van der Waals surface area contributed by atoms with Gasteiger partial charge in [0.2, 0.25) is 0 Å². The first-order valence-corrected chi connectivity index (χ1v) is 5.57. The summed E-state index contributed by atoms with van der Waals surface area (Å²) >= 11 is 0. The zero-order valence-corrected chi connectivity index (χ0v) is 9.73. The van der Waals surface area contributed by atoms with E-state index < -0.39 is 0 Å². The maximum Gasteiger partial charge on any atom is 0.118 e. The van der Waals surface area contributed by atoms with Crippen LogP contribution in [0.2, 0.25) is 0 Å². The van der Waals surface area contributed by atoms with Gasteiger partial charge in [-0.25, -0.2) is 0 Å². The highest BCUT2D eigenvalue weighted by Gasteiger charge is 2.02. The molecule has 1 nitrogen and oxygen atoms in total. The van der Waals surface area contributed by atoms with Crippen LogP contribution < -0.4 is 4.74 Å². The van der Waals surface area contributed by atoms with E-state index in [9.17, 15) is 0 Å². The molecular weight excluding hydrogens is 196 g/mol. The van der Waals surface area contributed by atoms with Crippen molar-refractivity contribution >= 4 is 0 Å². The molecular formula is C15H16O. The van der Waals surface area contributed by atoms with Crippen molar-refractivity contribution in [2.45, 2.75) is 13.3 Å². The van der Waals surface area contributed by atoms with E-state index in [2.05, 4.69) is 43.3 Å². The highest BCUT2D eigenvalue weighted by molar-refractivity contribution is 5.67. The van der Waals surface area contributed by atoms with E-state index in [0.29, 0.717) is 0 Å². The molecule has 2 rings (SSSR count). The smallest absolute Gasteiger partial charge is 0.118 e. The lowest BCUT2D eigenvalue weighted by Crippen LogP contribution is -1.87. The second-order valence-electron chi connectivity index (χ2n) is 3.74. The monoisotopic (exact) mass is 212 g/mol. The van der Waals surface area contributed by atoms with Crippen LogP contribution in [-0.2, 0) is 6.42 Å². The second kappa shape index (κ2) is 4.84. The molecule has 0 aliphatic heterocycles. The van der Waals surface area contributed by atoms with Crippen LogP contribution in [0.3, 0.4) is 0 Å². The van der Waals surface area contributed by atoms with Gasteiger partial charge in [0.15, 0.2) is 0 Å². The zero-order chi connectivity index (χ0) is 11.4. The van der Waals surface area contributed by atoms with Gasteiger partial charge in [-0.2, -0.15) is 0 Å². The van der Waals surface area contributed by atoms with Crippen molar-refractivity contribution in [2.24, 2.45) is 0 Å². The lowest BCUT2D eigenvalue weighted by molar-refractivity contribution is 0.415. The Bertz CT molecular complexity index is 457. The van der Waals surface area contributed by atoms with Gasteiger partial charge in [-0.05, 0) is 35.2 Å². The summed E-state index contributed by atoms with van der Waals surface area (Å²) in [6, 6.07) is 16.7. The standard InChI is InChI=1S/C15H16O/c1-3-12-6-4-5-7-15(12)13-8-10-14(16-2)11-9-13/h4-11H,3H2,1-2H3. The van der Waals surface area contributed by atoms with Crippen LogP contribution in [0.25, 0.3) is 11.1 Å². The Hall–Kier alpha value is -1.76. The fourth-order valence-corrected chi connectivity index (χ4v) is 1.88. The van der Waals surface area contributed by atoms with Crippen LogP contribution in [0.1, 0.15) is 12.5 Å². The molecule has 0 N–H and O–H groups in total. The molecule has 0 heterocycles. The van der Waals surface area contributed by atoms with Crippen LogP contribution in [0, 0.1) is 0 Å². The average Bonchev–Trinajstić information content (AvgIpc) is 2.39. The molecule has 0 fully saturated rings. The topological polar surface area (TPSA) is 9.23 Å². The SMILES string of the molecule is CCc1ccccc1-c1ccc(OC)cc1. The Morgan fingerprint density at radius 1 is 0.938 bits per heavy atom. The van der Waals surface area contributed by atoms with E-state index in [-0.39, 0.29) is 0 Å². The van der Waals surface area contributed by atoms with Crippen molar-refractivity contribution in [1.82, 2.24) is 0 Å². The van der Waals surface area contributed by atoms with E-state index in [1.807, 2.05) is 12.1 Å². The van der Waals surface area contributed by atoms with E-state index in [4.69, 9.17) is 4.74 Å². The summed E-state index contributed by atoms with van der Waals surface area (Å²) in [7, 11) is 1.69. The Morgan fingerprint density at radius 3 is 2.25 bits per heavy atom. The van der Waals surface area contributed by atoms with Crippen LogP contribution >= 0.6 is 0 Å². The van der Waals surface area contributed by atoms with Crippen LogP contribution in [0.15, 0.2) is 48.5 Å². The minimum absolute atomic E-state index is 0.901. The van der Waals surface area contributed by atoms with E-state index in [1.54, 1.807) is 7.11 Å². The molecule has 0 saturated heterocycles. The molecule has 0 radical (unpaired) electrons. The third-order valence-corrected chi connectivity index (χ3v) is 2.80. The molecule has 2 aromatic carbocycles. The number of hydrogen-bond donors (Lipinski definition) is 0. The van der Waals surface area contributed by atoms with Crippen molar-refractivity contribution in [1.29, 1.82) is 0 Å². The van der Waals surface area contributed by atoms with E-state index in [0.717, 1.165) is 12.2 Å². The highest BCUT2D eigenvalue weighted by Crippen LogP contribution is 2.25. The van der Waals surface area contributed by atoms with Gasteiger partial charge in [-0.15, -0.1) is 0 Å². The molecule has 0 aromatic heterocycles. The quantitative estimate of drug-likeness (QED) is 0.749. The maximum atomic E-state index is 5.16. The summed E-state index contributed by atoms with van der Waals surface area (Å²) in [6.07, 6.45) is 1.06. The third-order valence-electron chi connectivity index (χ3n) is 2.80. The molecule has 0 spiro atoms. The van der Waals surface area contributed by atoms with Crippen LogP contribution in [0.4, 0.5) is 0 Å². The van der Waals surface area contributed by atoms with Crippen molar-refractivity contribution < 1.29 is 4.74 Å². The van der Waals surface area contributed by atoms with Gasteiger partial charge in [-0.3, -0.25) is 0 Å². The number of hydrogen-bond acceptors (Lipinski definition) is 1. The predicted molar refractivity (Wildman–Crippen MR) is 67.8 cm³/mol. The van der Waals surface area contributed by atoms with Crippen molar-refractivity contribution in [2.75, 3.05) is 7.11 Å². The summed E-state index contributed by atoms with van der Waals surface area (Å²) in [5.74, 6) is 0.901. The number of ether oxygens (including phenoxy) is 1. The van der Waals surface area contributed by atoms with Crippen LogP contribution in [0.5, 0.6) is 5.75 Å². The molecule has 0 aliphatic rings. The lowest BCUT2D eigenvalue weighted by atomic mass is 9.98. The molecule has 0 bridgehead atoms. The normalized spacial score (nSPS) is 10.1. The Labute approximate surface area is 96.7 Å². The van der Waals surface area contributed by atoms with Crippen LogP contribution in [-0.4, -0.2) is 7.11 Å². The van der Waals surface area contributed by atoms with E-state index in [1.165, 1.54) is 16.7 Å². The zero-order valence-electron chi connectivity index (χ0n) is 9.73. The molecule has 2 aromatic rings. The largest absolute Gasteiger partial charge is 0.497 e. The lowest BCUT2D eigenvalue weighted by Gasteiger charge is -2.08. The molecule has 0 amide bonds. The minimum Gasteiger partial charge on any atom is -0.497 e. The predicted octanol–water partition coefficient (Wildman–Crippen LogP) is 3.92. The molecule has 1 heteroatoms. The summed E-state index contributed by atoms with van der Waals surface area (Å²) in [5.41, 5.74) is 3.94. The first kappa shape index (κ1) is 10.7. The first-order valence-electron chi connectivity index (χ1n) is 5.57. The van der Waals surface area contributed by atoms with Crippen molar-refractivity contribution in [3.05, 3.63) is 54.1 Å². The molecule has 0 saturated carbocycles. The van der Waals surface area contributed by atoms with Crippen molar-refractivity contribution in [3.8, 4) is 16.9 Å². The van der Waals surface area contributed by atoms with Gasteiger partial charge in [0, 0.05) is 0 Å². The van der Waals surface area contributed by atoms with Gasteiger partial charge in [0.25, 0.3) is 0 Å². The number of methoxy groups -OCH3 is 1. The van der Waals surface area contributed by atoms with Crippen molar-refractivity contribution in [3.63, 3.8) is 0 Å². The van der Waals surface area contributed by atoms with Gasteiger partial charge >= 0.3 is 0 Å². The second-order valence-corrected chi connectivity index (χ2v) is 3.74. The Kier molecular flexibility index (Phi) is 3.25. The number of rotatable bonds is 3. The Balaban J connectivity index is 2.42. The van der Waals surface area contributed by atoms with Gasteiger partial charge < -0.3 is 4.74 Å². The van der Waals surface area contributed by atoms with Gasteiger partial charge in [-0.1, -0.05) is 43.3 Å². The Morgan fingerprint density at radius 2 is 1.62 bits per heavy atom. The number of aryl methyl sites for hydroxylation is 1. The highest BCUT2D eigenvalue weighted by atomic mass is 16.5. The third kappa shape index (κ3) is 2.08. The van der Waals surface area contributed by atoms with E-state index >= 15 is 0 Å². The fraction of sp³-hybridized carbons (Fsp3) is 0.200. The maximum absolute atomic E-state index is 5.16. The summed E-state index contributed by atoms with van der Waals surface area (Å²) in [6.45, 7) is 2.18. The average molecular weight is 212 g/mol. The minimum atomic E-state index is 0.901. The molecule has 0 unspecified atom stereocenters. The molecule has 0 atom stereocenters. The number of benzene rings is 2. The summed E-state index contributed by atoms with van der Waals surface area (Å²) in [5, 5.41) is 0. The van der Waals surface area contributed by atoms with Gasteiger partial charge in [0.05, 0.1) is 7.11 Å². The molecule has 16 heavy (non-hydrogen) atoms.